The van der Waals surface area contributed by atoms with E-state index in [1.54, 1.807) is 0 Å². The average Bonchev–Trinajstić information content (AvgIpc) is 2.67. The van der Waals surface area contributed by atoms with E-state index in [0.29, 0.717) is 12.6 Å². The van der Waals surface area contributed by atoms with Crippen LogP contribution in [0.1, 0.15) is 37.7 Å². The van der Waals surface area contributed by atoms with Gasteiger partial charge in [-0.05, 0) is 55.5 Å². The predicted octanol–water partition coefficient (Wildman–Crippen LogP) is 3.38. The SMILES string of the molecule is NC1=NC2(CCCCC2)N(c2cccc(COc3ccccc3)c2)C(N)=N1. The van der Waals surface area contributed by atoms with E-state index in [4.69, 9.17) is 21.2 Å². The molecule has 0 bridgehead atoms. The highest BCUT2D eigenvalue weighted by molar-refractivity contribution is 6.05. The van der Waals surface area contributed by atoms with Crippen LogP contribution in [0.2, 0.25) is 0 Å². The number of benzene rings is 2. The highest BCUT2D eigenvalue weighted by Crippen LogP contribution is 2.39. The van der Waals surface area contributed by atoms with E-state index < -0.39 is 5.66 Å². The van der Waals surface area contributed by atoms with Gasteiger partial charge in [0.05, 0.1) is 0 Å². The van der Waals surface area contributed by atoms with Gasteiger partial charge in [0.1, 0.15) is 18.0 Å². The molecule has 1 aliphatic carbocycles. The second-order valence-corrected chi connectivity index (χ2v) is 7.09. The lowest BCUT2D eigenvalue weighted by Gasteiger charge is -2.45. The number of hydrogen-bond acceptors (Lipinski definition) is 6. The molecule has 140 valence electrons. The summed E-state index contributed by atoms with van der Waals surface area (Å²) in [6.07, 6.45) is 5.28. The van der Waals surface area contributed by atoms with Crippen molar-refractivity contribution in [1.82, 2.24) is 0 Å². The minimum atomic E-state index is -0.424. The first-order chi connectivity index (χ1) is 13.2. The van der Waals surface area contributed by atoms with Crippen molar-refractivity contribution in [3.63, 3.8) is 0 Å². The molecule has 2 aromatic carbocycles. The summed E-state index contributed by atoms with van der Waals surface area (Å²) in [6.45, 7) is 0.487. The smallest absolute Gasteiger partial charge is 0.220 e. The molecule has 0 radical (unpaired) electrons. The van der Waals surface area contributed by atoms with Gasteiger partial charge in [0.15, 0.2) is 0 Å². The number of rotatable bonds is 4. The minimum Gasteiger partial charge on any atom is -0.489 e. The Bertz CT molecular complexity index is 856. The van der Waals surface area contributed by atoms with Gasteiger partial charge in [0.2, 0.25) is 11.9 Å². The molecule has 1 fully saturated rings. The van der Waals surface area contributed by atoms with Gasteiger partial charge in [0, 0.05) is 5.69 Å². The molecule has 6 heteroatoms. The van der Waals surface area contributed by atoms with Crippen LogP contribution in [0.25, 0.3) is 0 Å². The lowest BCUT2D eigenvalue weighted by Crippen LogP contribution is -2.58. The van der Waals surface area contributed by atoms with Gasteiger partial charge >= 0.3 is 0 Å². The molecule has 1 spiro atoms. The van der Waals surface area contributed by atoms with Gasteiger partial charge in [-0.15, -0.1) is 0 Å². The number of guanidine groups is 2. The fourth-order valence-corrected chi connectivity index (χ4v) is 3.96. The molecule has 1 saturated carbocycles. The zero-order valence-electron chi connectivity index (χ0n) is 15.3. The number of nitrogens with zero attached hydrogens (tertiary/aromatic N) is 3. The van der Waals surface area contributed by atoms with Gasteiger partial charge < -0.3 is 16.2 Å². The van der Waals surface area contributed by atoms with Crippen molar-refractivity contribution >= 4 is 17.6 Å². The van der Waals surface area contributed by atoms with E-state index in [1.807, 2.05) is 42.5 Å². The van der Waals surface area contributed by atoms with Crippen LogP contribution < -0.4 is 21.1 Å². The molecule has 4 N–H and O–H groups in total. The molecule has 0 saturated heterocycles. The molecular weight excluding hydrogens is 338 g/mol. The summed E-state index contributed by atoms with van der Waals surface area (Å²) < 4.78 is 5.89. The monoisotopic (exact) mass is 363 g/mol. The molecule has 0 unspecified atom stereocenters. The molecule has 2 aliphatic rings. The van der Waals surface area contributed by atoms with Gasteiger partial charge in [-0.1, -0.05) is 36.8 Å². The largest absolute Gasteiger partial charge is 0.489 e. The van der Waals surface area contributed by atoms with Gasteiger partial charge in [0.25, 0.3) is 0 Å². The van der Waals surface area contributed by atoms with Gasteiger partial charge in [-0.3, -0.25) is 4.90 Å². The Balaban J connectivity index is 1.60. The van der Waals surface area contributed by atoms with Crippen LogP contribution in [0, 0.1) is 0 Å². The zero-order valence-corrected chi connectivity index (χ0v) is 15.3. The van der Waals surface area contributed by atoms with E-state index >= 15 is 0 Å². The normalized spacial score (nSPS) is 18.7. The lowest BCUT2D eigenvalue weighted by atomic mass is 9.87. The lowest BCUT2D eigenvalue weighted by molar-refractivity contribution is 0.302. The Labute approximate surface area is 159 Å². The second-order valence-electron chi connectivity index (χ2n) is 7.09. The molecule has 0 aromatic heterocycles. The number of ether oxygens (including phenoxy) is 1. The number of anilines is 1. The molecule has 4 rings (SSSR count). The van der Waals surface area contributed by atoms with Crippen molar-refractivity contribution in [2.45, 2.75) is 44.4 Å². The molecule has 0 atom stereocenters. The first-order valence-electron chi connectivity index (χ1n) is 9.43. The van der Waals surface area contributed by atoms with Crippen molar-refractivity contribution in [3.05, 3.63) is 60.2 Å². The Hall–Kier alpha value is -3.02. The van der Waals surface area contributed by atoms with Crippen molar-refractivity contribution in [2.75, 3.05) is 4.90 Å². The Morgan fingerprint density at radius 2 is 1.74 bits per heavy atom. The molecule has 0 amide bonds. The maximum atomic E-state index is 6.31. The second kappa shape index (κ2) is 7.31. The third-order valence-corrected chi connectivity index (χ3v) is 5.17. The van der Waals surface area contributed by atoms with Gasteiger partial charge in [-0.25, -0.2) is 4.99 Å². The third-order valence-electron chi connectivity index (χ3n) is 5.17. The predicted molar refractivity (Wildman–Crippen MR) is 109 cm³/mol. The minimum absolute atomic E-state index is 0.272. The van der Waals surface area contributed by atoms with E-state index in [-0.39, 0.29) is 5.96 Å². The average molecular weight is 363 g/mol. The van der Waals surface area contributed by atoms with Gasteiger partial charge in [-0.2, -0.15) is 4.99 Å². The number of nitrogens with two attached hydrogens (primary N) is 2. The standard InChI is InChI=1S/C21H25N5O/c22-19-24-20(23)26(21(25-19)12-5-2-6-13-21)17-9-7-8-16(14-17)15-27-18-10-3-1-4-11-18/h1,3-4,7-11,14H,2,5-6,12-13,15H2,(H4,22,23,24,25). The maximum absolute atomic E-state index is 6.31. The fourth-order valence-electron chi connectivity index (χ4n) is 3.96. The summed E-state index contributed by atoms with van der Waals surface area (Å²) in [5.74, 6) is 1.53. The van der Waals surface area contributed by atoms with E-state index in [9.17, 15) is 0 Å². The molecular formula is C21H25N5O. The van der Waals surface area contributed by atoms with E-state index in [0.717, 1.165) is 42.7 Å². The number of aliphatic imine (C=N–C) groups is 2. The van der Waals surface area contributed by atoms with Crippen LogP contribution in [0.3, 0.4) is 0 Å². The van der Waals surface area contributed by atoms with Crippen LogP contribution in [-0.4, -0.2) is 17.6 Å². The quantitative estimate of drug-likeness (QED) is 0.871. The first-order valence-corrected chi connectivity index (χ1v) is 9.43. The summed E-state index contributed by atoms with van der Waals surface area (Å²) in [5, 5.41) is 0. The summed E-state index contributed by atoms with van der Waals surface area (Å²) >= 11 is 0. The third kappa shape index (κ3) is 3.60. The van der Waals surface area contributed by atoms with Crippen LogP contribution >= 0.6 is 0 Å². The fraction of sp³-hybridized carbons (Fsp3) is 0.333. The summed E-state index contributed by atoms with van der Waals surface area (Å²) in [5.41, 5.74) is 13.9. The topological polar surface area (TPSA) is 89.2 Å². The summed E-state index contributed by atoms with van der Waals surface area (Å²) in [6, 6.07) is 18.0. The highest BCUT2D eigenvalue weighted by Gasteiger charge is 2.42. The summed E-state index contributed by atoms with van der Waals surface area (Å²) in [4.78, 5) is 11.0. The van der Waals surface area contributed by atoms with Crippen LogP contribution in [0.15, 0.2) is 64.6 Å². The van der Waals surface area contributed by atoms with E-state index in [2.05, 4.69) is 22.0 Å². The van der Waals surface area contributed by atoms with E-state index in [1.165, 1.54) is 6.42 Å². The maximum Gasteiger partial charge on any atom is 0.220 e. The molecule has 2 aromatic rings. The Morgan fingerprint density at radius 3 is 2.52 bits per heavy atom. The van der Waals surface area contributed by atoms with Crippen molar-refractivity contribution in [3.8, 4) is 5.75 Å². The first kappa shape index (κ1) is 17.4. The molecule has 1 aliphatic heterocycles. The molecule has 27 heavy (non-hydrogen) atoms. The van der Waals surface area contributed by atoms with Crippen molar-refractivity contribution < 1.29 is 4.74 Å². The van der Waals surface area contributed by atoms with Crippen LogP contribution in [-0.2, 0) is 6.61 Å². The number of hydrogen-bond donors (Lipinski definition) is 2. The van der Waals surface area contributed by atoms with Crippen LogP contribution in [0.5, 0.6) is 5.75 Å². The summed E-state index contributed by atoms with van der Waals surface area (Å²) in [7, 11) is 0. The van der Waals surface area contributed by atoms with Crippen molar-refractivity contribution in [2.24, 2.45) is 21.5 Å². The zero-order chi connectivity index (χ0) is 18.7. The Morgan fingerprint density at radius 1 is 0.963 bits per heavy atom. The molecule has 1 heterocycles. The van der Waals surface area contributed by atoms with Crippen LogP contribution in [0.4, 0.5) is 5.69 Å². The van der Waals surface area contributed by atoms with Crippen molar-refractivity contribution in [1.29, 1.82) is 0 Å². The highest BCUT2D eigenvalue weighted by atomic mass is 16.5. The number of para-hydroxylation sites is 1. The Kier molecular flexibility index (Phi) is 4.71. The molecule has 6 nitrogen and oxygen atoms in total.